The van der Waals surface area contributed by atoms with Gasteiger partial charge in [0.15, 0.2) is 0 Å². The lowest BCUT2D eigenvalue weighted by Crippen LogP contribution is -2.15. The second-order valence-electron chi connectivity index (χ2n) is 5.48. The summed E-state index contributed by atoms with van der Waals surface area (Å²) in [6.45, 7) is 0.832. The Morgan fingerprint density at radius 3 is 2.85 bits per heavy atom. The maximum Gasteiger partial charge on any atom is 0.259 e. The van der Waals surface area contributed by atoms with Crippen molar-refractivity contribution in [2.45, 2.75) is 0 Å². The van der Waals surface area contributed by atoms with E-state index in [1.54, 1.807) is 25.3 Å². The van der Waals surface area contributed by atoms with Crippen LogP contribution in [0.25, 0.3) is 10.9 Å². The van der Waals surface area contributed by atoms with E-state index in [2.05, 4.69) is 15.3 Å². The molecule has 140 valence electrons. The Balaban J connectivity index is 1.86. The lowest BCUT2D eigenvalue weighted by atomic mass is 10.1. The molecule has 0 atom stereocenters. The fraction of sp³-hybridized carbons (Fsp3) is 0.167. The van der Waals surface area contributed by atoms with Gasteiger partial charge in [0.25, 0.3) is 5.91 Å². The van der Waals surface area contributed by atoms with Crippen molar-refractivity contribution in [1.29, 1.82) is 0 Å². The van der Waals surface area contributed by atoms with Crippen molar-refractivity contribution in [3.05, 3.63) is 53.1 Å². The summed E-state index contributed by atoms with van der Waals surface area (Å²) in [4.78, 5) is 20.6. The molecule has 0 bridgehead atoms. The van der Waals surface area contributed by atoms with Crippen LogP contribution in [0, 0.1) is 5.82 Å². The Bertz CT molecular complexity index is 1000. The van der Waals surface area contributed by atoms with Crippen LogP contribution in [0.3, 0.4) is 0 Å². The standard InChI is InChI=1S/C18H15ClFN3O4/c1-26-4-5-27-10-2-3-11-15(6-10)21-9-22-17(11)23-18(25)12-7-16(24)13(19)8-14(12)20/h2-3,6-9,24H,4-5H2,1H3,(H,21,22,23,25). The van der Waals surface area contributed by atoms with Crippen LogP contribution in [0.1, 0.15) is 10.4 Å². The zero-order valence-electron chi connectivity index (χ0n) is 14.2. The third kappa shape index (κ3) is 4.24. The van der Waals surface area contributed by atoms with Crippen molar-refractivity contribution in [3.63, 3.8) is 0 Å². The van der Waals surface area contributed by atoms with Crippen molar-refractivity contribution >= 4 is 34.2 Å². The molecule has 7 nitrogen and oxygen atoms in total. The van der Waals surface area contributed by atoms with Crippen molar-refractivity contribution in [1.82, 2.24) is 9.97 Å². The number of rotatable bonds is 6. The van der Waals surface area contributed by atoms with Gasteiger partial charge in [0.05, 0.1) is 22.7 Å². The van der Waals surface area contributed by atoms with Gasteiger partial charge in [-0.2, -0.15) is 0 Å². The van der Waals surface area contributed by atoms with E-state index in [1.165, 1.54) is 6.33 Å². The van der Waals surface area contributed by atoms with Crippen molar-refractivity contribution in [2.24, 2.45) is 0 Å². The highest BCUT2D eigenvalue weighted by Gasteiger charge is 2.17. The number of fused-ring (bicyclic) bond motifs is 1. The fourth-order valence-corrected chi connectivity index (χ4v) is 2.51. The van der Waals surface area contributed by atoms with Gasteiger partial charge in [0, 0.05) is 18.6 Å². The number of nitrogens with one attached hydrogen (secondary N) is 1. The Hall–Kier alpha value is -2.97. The minimum Gasteiger partial charge on any atom is -0.506 e. The number of phenols is 1. The van der Waals surface area contributed by atoms with Crippen molar-refractivity contribution in [3.8, 4) is 11.5 Å². The molecule has 0 radical (unpaired) electrons. The summed E-state index contributed by atoms with van der Waals surface area (Å²) in [6.07, 6.45) is 1.27. The van der Waals surface area contributed by atoms with Gasteiger partial charge < -0.3 is 19.9 Å². The molecular weight excluding hydrogens is 377 g/mol. The van der Waals surface area contributed by atoms with E-state index in [4.69, 9.17) is 21.1 Å². The van der Waals surface area contributed by atoms with Crippen LogP contribution in [-0.4, -0.2) is 41.3 Å². The summed E-state index contributed by atoms with van der Waals surface area (Å²) < 4.78 is 24.4. The normalized spacial score (nSPS) is 10.8. The minimum atomic E-state index is -0.859. The number of hydrogen-bond donors (Lipinski definition) is 2. The van der Waals surface area contributed by atoms with Gasteiger partial charge in [0.1, 0.15) is 36.1 Å². The number of aromatic nitrogens is 2. The number of carbonyl (C=O) groups excluding carboxylic acids is 1. The molecule has 1 amide bonds. The highest BCUT2D eigenvalue weighted by atomic mass is 35.5. The highest BCUT2D eigenvalue weighted by molar-refractivity contribution is 6.32. The van der Waals surface area contributed by atoms with Gasteiger partial charge in [-0.3, -0.25) is 4.79 Å². The van der Waals surface area contributed by atoms with Crippen LogP contribution in [0.4, 0.5) is 10.2 Å². The van der Waals surface area contributed by atoms with Gasteiger partial charge >= 0.3 is 0 Å². The van der Waals surface area contributed by atoms with E-state index in [0.29, 0.717) is 29.9 Å². The molecule has 0 aliphatic rings. The van der Waals surface area contributed by atoms with Gasteiger partial charge in [-0.25, -0.2) is 14.4 Å². The highest BCUT2D eigenvalue weighted by Crippen LogP contribution is 2.28. The van der Waals surface area contributed by atoms with Crippen LogP contribution in [0.15, 0.2) is 36.7 Å². The third-order valence-corrected chi connectivity index (χ3v) is 3.98. The van der Waals surface area contributed by atoms with E-state index >= 15 is 0 Å². The molecule has 2 aromatic carbocycles. The first-order valence-corrected chi connectivity index (χ1v) is 8.23. The SMILES string of the molecule is COCCOc1ccc2c(NC(=O)c3cc(O)c(Cl)cc3F)ncnc2c1. The molecule has 0 saturated carbocycles. The number of anilines is 1. The molecule has 1 heterocycles. The quantitative estimate of drug-likeness (QED) is 0.625. The number of hydrogen-bond acceptors (Lipinski definition) is 6. The predicted molar refractivity (Wildman–Crippen MR) is 97.9 cm³/mol. The molecular formula is C18H15ClFN3O4. The minimum absolute atomic E-state index is 0.183. The third-order valence-electron chi connectivity index (χ3n) is 3.68. The molecule has 0 saturated heterocycles. The van der Waals surface area contributed by atoms with Crippen LogP contribution in [0.2, 0.25) is 5.02 Å². The number of aromatic hydroxyl groups is 1. The summed E-state index contributed by atoms with van der Waals surface area (Å²) in [5, 5.41) is 12.5. The number of methoxy groups -OCH3 is 1. The fourth-order valence-electron chi connectivity index (χ4n) is 2.36. The summed E-state index contributed by atoms with van der Waals surface area (Å²) in [6, 6.07) is 6.90. The van der Waals surface area contributed by atoms with Gasteiger partial charge in [0.2, 0.25) is 0 Å². The summed E-state index contributed by atoms with van der Waals surface area (Å²) >= 11 is 5.63. The largest absolute Gasteiger partial charge is 0.506 e. The average Bonchev–Trinajstić information content (AvgIpc) is 2.65. The van der Waals surface area contributed by atoms with Gasteiger partial charge in [-0.15, -0.1) is 0 Å². The van der Waals surface area contributed by atoms with Crippen LogP contribution in [-0.2, 0) is 4.74 Å². The lowest BCUT2D eigenvalue weighted by molar-refractivity contribution is 0.102. The zero-order chi connectivity index (χ0) is 19.4. The number of phenolic OH excluding ortho intramolecular Hbond substituents is 1. The van der Waals surface area contributed by atoms with Crippen LogP contribution in [0.5, 0.6) is 11.5 Å². The molecule has 0 spiro atoms. The van der Waals surface area contributed by atoms with E-state index in [0.717, 1.165) is 12.1 Å². The second kappa shape index (κ2) is 8.15. The Morgan fingerprint density at radius 1 is 1.26 bits per heavy atom. The van der Waals surface area contributed by atoms with Crippen molar-refractivity contribution in [2.75, 3.05) is 25.6 Å². The van der Waals surface area contributed by atoms with Gasteiger partial charge in [-0.1, -0.05) is 11.6 Å². The molecule has 0 fully saturated rings. The van der Waals surface area contributed by atoms with Crippen molar-refractivity contribution < 1.29 is 23.8 Å². The van der Waals surface area contributed by atoms with Crippen LogP contribution >= 0.6 is 11.6 Å². The topological polar surface area (TPSA) is 93.6 Å². The second-order valence-corrected chi connectivity index (χ2v) is 5.89. The molecule has 3 rings (SSSR count). The van der Waals surface area contributed by atoms with E-state index in [-0.39, 0.29) is 16.4 Å². The number of carbonyl (C=O) groups is 1. The Labute approximate surface area is 158 Å². The average molecular weight is 392 g/mol. The van der Waals surface area contributed by atoms with Crippen LogP contribution < -0.4 is 10.1 Å². The molecule has 0 unspecified atom stereocenters. The van der Waals surface area contributed by atoms with Gasteiger partial charge in [-0.05, 0) is 24.3 Å². The smallest absolute Gasteiger partial charge is 0.259 e. The molecule has 0 aliphatic carbocycles. The Morgan fingerprint density at radius 2 is 2.07 bits per heavy atom. The number of nitrogens with zero attached hydrogens (tertiary/aromatic N) is 2. The number of benzene rings is 2. The first kappa shape index (κ1) is 18.8. The zero-order valence-corrected chi connectivity index (χ0v) is 15.0. The summed E-state index contributed by atoms with van der Waals surface area (Å²) in [7, 11) is 1.58. The molecule has 27 heavy (non-hydrogen) atoms. The first-order valence-electron chi connectivity index (χ1n) is 7.85. The Kier molecular flexibility index (Phi) is 5.68. The maximum atomic E-state index is 14.0. The maximum absolute atomic E-state index is 14.0. The first-order chi connectivity index (χ1) is 13.0. The molecule has 3 aromatic rings. The molecule has 1 aromatic heterocycles. The number of ether oxygens (including phenoxy) is 2. The summed E-state index contributed by atoms with van der Waals surface area (Å²) in [5.74, 6) is -1.25. The van der Waals surface area contributed by atoms with E-state index < -0.39 is 17.5 Å². The molecule has 2 N–H and O–H groups in total. The lowest BCUT2D eigenvalue weighted by Gasteiger charge is -2.10. The van der Waals surface area contributed by atoms with E-state index in [9.17, 15) is 14.3 Å². The summed E-state index contributed by atoms with van der Waals surface area (Å²) in [5.41, 5.74) is 0.179. The predicted octanol–water partition coefficient (Wildman–Crippen LogP) is 3.41. The number of amides is 1. The van der Waals surface area contributed by atoms with E-state index in [1.807, 2.05) is 0 Å². The monoisotopic (exact) mass is 391 g/mol. The number of halogens is 2. The molecule has 0 aliphatic heterocycles. The molecule has 9 heteroatoms.